The molecule has 0 aliphatic heterocycles. The zero-order valence-electron chi connectivity index (χ0n) is 11.0. The summed E-state index contributed by atoms with van der Waals surface area (Å²) in [6.45, 7) is 7.47. The summed E-state index contributed by atoms with van der Waals surface area (Å²) in [5.41, 5.74) is 9.37. The number of aryl methyl sites for hydroxylation is 2. The van der Waals surface area contributed by atoms with Crippen molar-refractivity contribution in [2.75, 3.05) is 5.73 Å². The maximum absolute atomic E-state index is 11.9. The van der Waals surface area contributed by atoms with E-state index < -0.39 is 0 Å². The van der Waals surface area contributed by atoms with Crippen molar-refractivity contribution in [3.63, 3.8) is 0 Å². The molecule has 0 atom stereocenters. The van der Waals surface area contributed by atoms with E-state index in [9.17, 15) is 4.79 Å². The average molecular weight is 247 g/mol. The number of carbonyl (C=O) groups excluding carboxylic acids is 1. The van der Waals surface area contributed by atoms with Crippen LogP contribution in [-0.4, -0.2) is 21.5 Å². The van der Waals surface area contributed by atoms with Gasteiger partial charge in [0.1, 0.15) is 0 Å². The summed E-state index contributed by atoms with van der Waals surface area (Å²) in [7, 11) is 0. The Hall–Kier alpha value is -2.04. The summed E-state index contributed by atoms with van der Waals surface area (Å²) in [5, 5.41) is 0. The Kier molecular flexibility index (Phi) is 2.98. The number of carbonyl (C=O) groups is 1. The lowest BCUT2D eigenvalue weighted by atomic mass is 10.2. The predicted octanol–water partition coefficient (Wildman–Crippen LogP) is 2.10. The maximum Gasteiger partial charge on any atom is 0.339 e. The molecule has 2 rings (SSSR count). The van der Waals surface area contributed by atoms with E-state index in [1.165, 1.54) is 0 Å². The van der Waals surface area contributed by atoms with Crippen molar-refractivity contribution in [1.29, 1.82) is 0 Å². The van der Waals surface area contributed by atoms with Gasteiger partial charge in [-0.15, -0.1) is 0 Å². The Morgan fingerprint density at radius 1 is 1.44 bits per heavy atom. The van der Waals surface area contributed by atoms with Crippen molar-refractivity contribution in [3.8, 4) is 0 Å². The van der Waals surface area contributed by atoms with Crippen molar-refractivity contribution >= 4 is 17.3 Å². The zero-order chi connectivity index (χ0) is 13.4. The number of rotatable bonds is 2. The summed E-state index contributed by atoms with van der Waals surface area (Å²) < 4.78 is 6.98. The molecule has 0 fully saturated rings. The molecular formula is C13H17N3O2. The zero-order valence-corrected chi connectivity index (χ0v) is 11.0. The molecule has 5 nitrogen and oxygen atoms in total. The Balaban J connectivity index is 2.54. The lowest BCUT2D eigenvalue weighted by molar-refractivity contribution is 0.0377. The average Bonchev–Trinajstić information content (AvgIpc) is 2.56. The molecule has 0 saturated carbocycles. The third-order valence-corrected chi connectivity index (χ3v) is 2.80. The van der Waals surface area contributed by atoms with Gasteiger partial charge in [0.15, 0.2) is 5.65 Å². The fourth-order valence-corrected chi connectivity index (χ4v) is 1.79. The van der Waals surface area contributed by atoms with Crippen molar-refractivity contribution in [2.45, 2.75) is 33.8 Å². The van der Waals surface area contributed by atoms with E-state index in [-0.39, 0.29) is 12.1 Å². The fraction of sp³-hybridized carbons (Fsp3) is 0.385. The summed E-state index contributed by atoms with van der Waals surface area (Å²) in [6, 6.07) is 1.60. The Bertz CT molecular complexity index is 614. The summed E-state index contributed by atoms with van der Waals surface area (Å²) in [5.74, 6) is -0.371. The van der Waals surface area contributed by atoms with Crippen LogP contribution in [0, 0.1) is 13.8 Å². The van der Waals surface area contributed by atoms with Crippen LogP contribution in [0.3, 0.4) is 0 Å². The van der Waals surface area contributed by atoms with Crippen LogP contribution in [0.1, 0.15) is 35.6 Å². The molecule has 0 amide bonds. The van der Waals surface area contributed by atoms with Gasteiger partial charge < -0.3 is 14.9 Å². The number of aromatic nitrogens is 2. The van der Waals surface area contributed by atoms with Crippen molar-refractivity contribution in [1.82, 2.24) is 9.38 Å². The van der Waals surface area contributed by atoms with Gasteiger partial charge in [0.2, 0.25) is 0 Å². The number of pyridine rings is 1. The number of nitrogens with two attached hydrogens (primary N) is 1. The summed E-state index contributed by atoms with van der Waals surface area (Å²) >= 11 is 0. The molecule has 5 heteroatoms. The normalized spacial score (nSPS) is 11.2. The topological polar surface area (TPSA) is 69.6 Å². The number of nitrogens with zero attached hydrogens (tertiary/aromatic N) is 2. The second-order valence-corrected chi connectivity index (χ2v) is 4.61. The molecular weight excluding hydrogens is 230 g/mol. The molecule has 2 N–H and O–H groups in total. The largest absolute Gasteiger partial charge is 0.459 e. The highest BCUT2D eigenvalue weighted by Crippen LogP contribution is 2.19. The molecule has 2 aromatic heterocycles. The van der Waals surface area contributed by atoms with Gasteiger partial charge in [-0.3, -0.25) is 0 Å². The first kappa shape index (κ1) is 12.4. The van der Waals surface area contributed by atoms with Crippen LogP contribution in [0.2, 0.25) is 0 Å². The van der Waals surface area contributed by atoms with Crippen molar-refractivity contribution < 1.29 is 9.53 Å². The van der Waals surface area contributed by atoms with Gasteiger partial charge in [-0.25, -0.2) is 9.78 Å². The molecule has 18 heavy (non-hydrogen) atoms. The second-order valence-electron chi connectivity index (χ2n) is 4.61. The molecule has 0 radical (unpaired) electrons. The van der Waals surface area contributed by atoms with Gasteiger partial charge in [-0.1, -0.05) is 0 Å². The van der Waals surface area contributed by atoms with E-state index >= 15 is 0 Å². The van der Waals surface area contributed by atoms with E-state index in [1.807, 2.05) is 32.1 Å². The minimum Gasteiger partial charge on any atom is -0.459 e. The number of esters is 1. The first-order valence-corrected chi connectivity index (χ1v) is 5.86. The van der Waals surface area contributed by atoms with Crippen LogP contribution in [0.4, 0.5) is 5.69 Å². The van der Waals surface area contributed by atoms with E-state index in [0.717, 1.165) is 11.4 Å². The van der Waals surface area contributed by atoms with Crippen LogP contribution in [0.5, 0.6) is 0 Å². The standard InChI is InChI=1S/C13H17N3O2/c1-7(2)18-13(17)10-5-11(14)12-15-8(3)9(4)16(12)6-10/h5-7H,14H2,1-4H3. The molecule has 0 aliphatic carbocycles. The van der Waals surface area contributed by atoms with Crippen molar-refractivity contribution in [3.05, 3.63) is 29.2 Å². The highest BCUT2D eigenvalue weighted by atomic mass is 16.5. The van der Waals surface area contributed by atoms with Gasteiger partial charge in [0, 0.05) is 11.9 Å². The molecule has 0 aliphatic rings. The van der Waals surface area contributed by atoms with Crippen LogP contribution >= 0.6 is 0 Å². The van der Waals surface area contributed by atoms with Crippen LogP contribution in [-0.2, 0) is 4.74 Å². The molecule has 96 valence electrons. The van der Waals surface area contributed by atoms with Crippen molar-refractivity contribution in [2.24, 2.45) is 0 Å². The molecule has 0 aromatic carbocycles. The smallest absolute Gasteiger partial charge is 0.339 e. The predicted molar refractivity (Wildman–Crippen MR) is 69.6 cm³/mol. The van der Waals surface area contributed by atoms with Crippen LogP contribution in [0.15, 0.2) is 12.3 Å². The molecule has 2 aromatic rings. The third kappa shape index (κ3) is 2.03. The lowest BCUT2D eigenvalue weighted by Crippen LogP contribution is -2.13. The highest BCUT2D eigenvalue weighted by Gasteiger charge is 2.14. The monoisotopic (exact) mass is 247 g/mol. The Labute approximate surface area is 106 Å². The minimum absolute atomic E-state index is 0.153. The van der Waals surface area contributed by atoms with Gasteiger partial charge in [-0.2, -0.15) is 0 Å². The van der Waals surface area contributed by atoms with Crippen LogP contribution in [0.25, 0.3) is 5.65 Å². The Morgan fingerprint density at radius 3 is 2.72 bits per heavy atom. The van der Waals surface area contributed by atoms with Gasteiger partial charge in [0.25, 0.3) is 0 Å². The highest BCUT2D eigenvalue weighted by molar-refractivity contribution is 5.91. The molecule has 0 bridgehead atoms. The number of imidazole rings is 1. The number of fused-ring (bicyclic) bond motifs is 1. The number of anilines is 1. The molecule has 0 spiro atoms. The Morgan fingerprint density at radius 2 is 2.11 bits per heavy atom. The maximum atomic E-state index is 11.9. The van der Waals surface area contributed by atoms with Gasteiger partial charge >= 0.3 is 5.97 Å². The molecule has 0 saturated heterocycles. The molecule has 2 heterocycles. The van der Waals surface area contributed by atoms with E-state index in [1.54, 1.807) is 12.3 Å². The fourth-order valence-electron chi connectivity index (χ4n) is 1.79. The summed E-state index contributed by atoms with van der Waals surface area (Å²) in [6.07, 6.45) is 1.56. The van der Waals surface area contributed by atoms with Crippen LogP contribution < -0.4 is 5.73 Å². The minimum atomic E-state index is -0.371. The number of nitrogen functional groups attached to an aromatic ring is 1. The second kappa shape index (κ2) is 4.33. The third-order valence-electron chi connectivity index (χ3n) is 2.80. The lowest BCUT2D eigenvalue weighted by Gasteiger charge is -2.09. The number of hydrogen-bond donors (Lipinski definition) is 1. The summed E-state index contributed by atoms with van der Waals surface area (Å²) in [4.78, 5) is 16.2. The van der Waals surface area contributed by atoms with E-state index in [2.05, 4.69) is 4.98 Å². The first-order chi connectivity index (χ1) is 8.40. The van der Waals surface area contributed by atoms with E-state index in [0.29, 0.717) is 16.9 Å². The van der Waals surface area contributed by atoms with E-state index in [4.69, 9.17) is 10.5 Å². The number of hydrogen-bond acceptors (Lipinski definition) is 4. The first-order valence-electron chi connectivity index (χ1n) is 5.86. The van der Waals surface area contributed by atoms with Gasteiger partial charge in [0.05, 0.1) is 23.0 Å². The number of ether oxygens (including phenoxy) is 1. The quantitative estimate of drug-likeness (QED) is 0.825. The van der Waals surface area contributed by atoms with Gasteiger partial charge in [-0.05, 0) is 33.8 Å². The SMILES string of the molecule is Cc1nc2c(N)cc(C(=O)OC(C)C)cn2c1C. The molecule has 0 unspecified atom stereocenters.